The van der Waals surface area contributed by atoms with Crippen LogP contribution in [0.2, 0.25) is 0 Å². The zero-order chi connectivity index (χ0) is 51.1. The summed E-state index contributed by atoms with van der Waals surface area (Å²) in [4.78, 5) is 13.2. The first-order chi connectivity index (χ1) is 34.2. The summed E-state index contributed by atoms with van der Waals surface area (Å²) in [5.41, 5.74) is 0. The second-order valence-corrected chi connectivity index (χ2v) is 21.1. The zero-order valence-corrected chi connectivity index (χ0v) is 45.3. The maximum absolute atomic E-state index is 13.2. The molecule has 1 fully saturated rings. The summed E-state index contributed by atoms with van der Waals surface area (Å²) in [5, 5.41) is 76.0. The molecular formula is C59H113NO10. The maximum atomic E-state index is 13.2. The van der Waals surface area contributed by atoms with Crippen LogP contribution >= 0.6 is 0 Å². The number of allylic oxidation sites excluding steroid dienone is 4. The number of hydrogen-bond donors (Lipinski definition) is 8. The van der Waals surface area contributed by atoms with Crippen molar-refractivity contribution in [3.63, 3.8) is 0 Å². The predicted octanol–water partition coefficient (Wildman–Crippen LogP) is 12.5. The number of nitrogens with one attached hydrogen (secondary N) is 1. The van der Waals surface area contributed by atoms with Crippen molar-refractivity contribution in [3.05, 3.63) is 24.3 Å². The lowest BCUT2D eigenvalue weighted by Crippen LogP contribution is -2.60. The first kappa shape index (κ1) is 66.6. The summed E-state index contributed by atoms with van der Waals surface area (Å²) in [6.07, 6.45) is 46.8. The van der Waals surface area contributed by atoms with Crippen molar-refractivity contribution < 1.29 is 50.0 Å². The molecule has 1 aliphatic heterocycles. The molecule has 1 aliphatic rings. The van der Waals surface area contributed by atoms with Crippen molar-refractivity contribution in [3.8, 4) is 0 Å². The van der Waals surface area contributed by atoms with Crippen LogP contribution in [-0.2, 0) is 14.3 Å². The highest BCUT2D eigenvalue weighted by molar-refractivity contribution is 5.80. The molecule has 0 aromatic carbocycles. The minimum absolute atomic E-state index is 0.248. The molecule has 0 aliphatic carbocycles. The molecule has 0 spiro atoms. The smallest absolute Gasteiger partial charge is 0.249 e. The van der Waals surface area contributed by atoms with Gasteiger partial charge in [-0.3, -0.25) is 4.79 Å². The molecule has 0 saturated carbocycles. The highest BCUT2D eigenvalue weighted by Gasteiger charge is 2.44. The summed E-state index contributed by atoms with van der Waals surface area (Å²) in [7, 11) is 0. The monoisotopic (exact) mass is 996 g/mol. The Kier molecular flexibility index (Phi) is 46.2. The van der Waals surface area contributed by atoms with Gasteiger partial charge in [-0.2, -0.15) is 0 Å². The number of hydrogen-bond acceptors (Lipinski definition) is 10. The van der Waals surface area contributed by atoms with Crippen molar-refractivity contribution in [2.75, 3.05) is 13.2 Å². The van der Waals surface area contributed by atoms with Gasteiger partial charge in [0.25, 0.3) is 0 Å². The van der Waals surface area contributed by atoms with Crippen molar-refractivity contribution >= 4 is 5.91 Å². The fraction of sp³-hybridized carbons (Fsp3) is 0.915. The van der Waals surface area contributed by atoms with Crippen molar-refractivity contribution in [2.24, 2.45) is 0 Å². The Balaban J connectivity index is 2.25. The quantitative estimate of drug-likeness (QED) is 0.0215. The van der Waals surface area contributed by atoms with E-state index >= 15 is 0 Å². The van der Waals surface area contributed by atoms with Gasteiger partial charge < -0.3 is 50.5 Å². The van der Waals surface area contributed by atoms with Crippen LogP contribution in [-0.4, -0.2) is 110 Å². The van der Waals surface area contributed by atoms with Crippen molar-refractivity contribution in [1.29, 1.82) is 0 Å². The first-order valence-electron chi connectivity index (χ1n) is 29.7. The van der Waals surface area contributed by atoms with E-state index in [0.29, 0.717) is 19.3 Å². The molecule has 11 nitrogen and oxygen atoms in total. The zero-order valence-electron chi connectivity index (χ0n) is 45.3. The Hall–Kier alpha value is -1.41. The average molecular weight is 997 g/mol. The van der Waals surface area contributed by atoms with Gasteiger partial charge in [0.15, 0.2) is 6.29 Å². The van der Waals surface area contributed by atoms with Crippen LogP contribution in [0.25, 0.3) is 0 Å². The molecule has 0 bridgehead atoms. The third-order valence-corrected chi connectivity index (χ3v) is 14.5. The number of aliphatic hydroxyl groups excluding tert-OH is 7. The van der Waals surface area contributed by atoms with Gasteiger partial charge in [0, 0.05) is 0 Å². The van der Waals surface area contributed by atoms with Crippen LogP contribution in [0.1, 0.15) is 277 Å². The highest BCUT2D eigenvalue weighted by atomic mass is 16.7. The third-order valence-electron chi connectivity index (χ3n) is 14.5. The van der Waals surface area contributed by atoms with Gasteiger partial charge in [0.2, 0.25) is 5.91 Å². The molecule has 1 rings (SSSR count). The predicted molar refractivity (Wildman–Crippen MR) is 289 cm³/mol. The molecule has 1 amide bonds. The van der Waals surface area contributed by atoms with Gasteiger partial charge in [-0.25, -0.2) is 0 Å². The molecule has 1 heterocycles. The van der Waals surface area contributed by atoms with Gasteiger partial charge in [-0.1, -0.05) is 250 Å². The summed E-state index contributed by atoms with van der Waals surface area (Å²) in [6, 6.07) is -1.19. The normalized spacial score (nSPS) is 20.4. The molecule has 8 N–H and O–H groups in total. The van der Waals surface area contributed by atoms with Gasteiger partial charge in [-0.15, -0.1) is 0 Å². The number of rotatable bonds is 51. The molecule has 0 radical (unpaired) electrons. The summed E-state index contributed by atoms with van der Waals surface area (Å²) in [6.45, 7) is 3.45. The van der Waals surface area contributed by atoms with E-state index in [4.69, 9.17) is 9.47 Å². The van der Waals surface area contributed by atoms with Crippen LogP contribution in [0.4, 0.5) is 0 Å². The van der Waals surface area contributed by atoms with Crippen LogP contribution < -0.4 is 5.32 Å². The Morgan fingerprint density at radius 1 is 0.486 bits per heavy atom. The van der Waals surface area contributed by atoms with Gasteiger partial charge in [-0.05, 0) is 51.4 Å². The van der Waals surface area contributed by atoms with E-state index in [1.54, 1.807) is 0 Å². The molecule has 1 saturated heterocycles. The van der Waals surface area contributed by atoms with E-state index in [2.05, 4.69) is 43.5 Å². The van der Waals surface area contributed by atoms with Crippen molar-refractivity contribution in [2.45, 2.75) is 332 Å². The van der Waals surface area contributed by atoms with Gasteiger partial charge in [0.1, 0.15) is 36.6 Å². The van der Waals surface area contributed by atoms with E-state index < -0.39 is 74.2 Å². The molecule has 9 atom stereocenters. The number of amides is 1. The molecular weight excluding hydrogens is 883 g/mol. The first-order valence-corrected chi connectivity index (χ1v) is 29.7. The largest absolute Gasteiger partial charge is 0.394 e. The lowest BCUT2D eigenvalue weighted by atomic mass is 9.98. The number of ether oxygens (including phenoxy) is 2. The number of carbonyl (C=O) groups excluding carboxylic acids is 1. The second kappa shape index (κ2) is 48.5. The molecule has 9 unspecified atom stereocenters. The fourth-order valence-corrected chi connectivity index (χ4v) is 9.64. The lowest BCUT2D eigenvalue weighted by Gasteiger charge is -2.40. The van der Waals surface area contributed by atoms with Crippen molar-refractivity contribution in [1.82, 2.24) is 5.32 Å². The van der Waals surface area contributed by atoms with Crippen LogP contribution in [0.5, 0.6) is 0 Å². The topological polar surface area (TPSA) is 189 Å². The average Bonchev–Trinajstić information content (AvgIpc) is 3.36. The Bertz CT molecular complexity index is 1190. The molecule has 11 heteroatoms. The van der Waals surface area contributed by atoms with E-state index in [1.807, 2.05) is 0 Å². The van der Waals surface area contributed by atoms with E-state index in [-0.39, 0.29) is 12.8 Å². The minimum atomic E-state index is -1.67. The molecule has 0 aromatic heterocycles. The SMILES string of the molecule is CCCCCCCC/C=C/CC/C=C/CCCC(O)C(O)C(COC1OC(CO)C(O)C(O)C1O)NC(=O)C(O)CCCCCCCCCCCCCCCCCCCCCCCCCCCCCC. The van der Waals surface area contributed by atoms with Gasteiger partial charge >= 0.3 is 0 Å². The summed E-state index contributed by atoms with van der Waals surface area (Å²) >= 11 is 0. The minimum Gasteiger partial charge on any atom is -0.394 e. The highest BCUT2D eigenvalue weighted by Crippen LogP contribution is 2.23. The van der Waals surface area contributed by atoms with E-state index in [1.165, 1.54) is 193 Å². The fourth-order valence-electron chi connectivity index (χ4n) is 9.64. The Labute approximate surface area is 429 Å². The van der Waals surface area contributed by atoms with Crippen LogP contribution in [0.3, 0.4) is 0 Å². The summed E-state index contributed by atoms with van der Waals surface area (Å²) in [5.74, 6) is -0.706. The molecule has 414 valence electrons. The number of unbranched alkanes of at least 4 members (excludes halogenated alkanes) is 35. The third kappa shape index (κ3) is 36.5. The van der Waals surface area contributed by atoms with Gasteiger partial charge in [0.05, 0.1) is 25.4 Å². The standard InChI is InChI=1S/C59H113NO10/c1-3-5-7-9-11-13-15-17-19-20-21-22-23-24-25-26-27-28-29-30-31-33-35-37-39-41-43-45-47-52(63)58(68)60-50(49-69-59-57(67)56(66)55(65)53(48-61)70-59)54(64)51(62)46-44-42-40-38-36-34-32-18-16-14-12-10-8-6-4-2/h18,32,38,40,50-57,59,61-67H,3-17,19-31,33-37,39,41-49H2,1-2H3,(H,60,68)/b32-18+,40-38+. The lowest BCUT2D eigenvalue weighted by molar-refractivity contribution is -0.303. The van der Waals surface area contributed by atoms with E-state index in [9.17, 15) is 40.5 Å². The number of aliphatic hydroxyl groups is 7. The number of carbonyl (C=O) groups is 1. The van der Waals surface area contributed by atoms with E-state index in [0.717, 1.165) is 38.5 Å². The van der Waals surface area contributed by atoms with Crippen LogP contribution in [0.15, 0.2) is 24.3 Å². The Morgan fingerprint density at radius 2 is 0.857 bits per heavy atom. The molecule has 70 heavy (non-hydrogen) atoms. The maximum Gasteiger partial charge on any atom is 0.249 e. The Morgan fingerprint density at radius 3 is 1.27 bits per heavy atom. The summed E-state index contributed by atoms with van der Waals surface area (Å²) < 4.78 is 11.1. The molecule has 0 aromatic rings. The second-order valence-electron chi connectivity index (χ2n) is 21.1. The van der Waals surface area contributed by atoms with Crippen LogP contribution in [0, 0.1) is 0 Å².